The van der Waals surface area contributed by atoms with Crippen molar-refractivity contribution in [1.82, 2.24) is 4.90 Å². The Morgan fingerprint density at radius 3 is 2.18 bits per heavy atom. The molecule has 0 radical (unpaired) electrons. The number of rotatable bonds is 10. The Morgan fingerprint density at radius 1 is 1.03 bits per heavy atom. The summed E-state index contributed by atoms with van der Waals surface area (Å²) in [7, 11) is 0. The minimum atomic E-state index is -0.994. The summed E-state index contributed by atoms with van der Waals surface area (Å²) in [6, 6.07) is 9.58. The van der Waals surface area contributed by atoms with E-state index in [1.807, 2.05) is 39.2 Å². The number of carbonyl (C=O) groups is 4. The molecule has 0 saturated heterocycles. The van der Waals surface area contributed by atoms with Crippen molar-refractivity contribution in [3.05, 3.63) is 64.2 Å². The van der Waals surface area contributed by atoms with Gasteiger partial charge < -0.3 is 10.1 Å². The van der Waals surface area contributed by atoms with Crippen LogP contribution in [-0.4, -0.2) is 53.2 Å². The molecule has 3 amide bonds. The first-order chi connectivity index (χ1) is 16.2. The fourth-order valence-electron chi connectivity index (χ4n) is 4.15. The average Bonchev–Trinajstić information content (AvgIpc) is 3.05. The molecule has 0 bridgehead atoms. The van der Waals surface area contributed by atoms with Crippen molar-refractivity contribution in [2.45, 2.75) is 46.1 Å². The van der Waals surface area contributed by atoms with Gasteiger partial charge in [-0.1, -0.05) is 29.8 Å². The predicted octanol–water partition coefficient (Wildman–Crippen LogP) is 4.29. The lowest BCUT2D eigenvalue weighted by Gasteiger charge is -2.24. The van der Waals surface area contributed by atoms with Gasteiger partial charge in [-0.25, -0.2) is 4.79 Å². The van der Waals surface area contributed by atoms with Crippen LogP contribution in [0.15, 0.2) is 36.4 Å². The summed E-state index contributed by atoms with van der Waals surface area (Å²) in [6.07, 6.45) is 2.71. The topological polar surface area (TPSA) is 92.8 Å². The van der Waals surface area contributed by atoms with Gasteiger partial charge in [-0.05, 0) is 68.9 Å². The molecule has 0 spiro atoms. The Morgan fingerprint density at radius 2 is 1.62 bits per heavy atom. The lowest BCUT2D eigenvalue weighted by Crippen LogP contribution is -2.46. The largest absolute Gasteiger partial charge is 0.464 e. The Hall–Kier alpha value is -3.13. The molecular formula is C26H30N2O5S. The second-order valence-electron chi connectivity index (χ2n) is 8.42. The molecule has 180 valence electrons. The van der Waals surface area contributed by atoms with Gasteiger partial charge in [0.15, 0.2) is 0 Å². The summed E-state index contributed by atoms with van der Waals surface area (Å²) in [5.41, 5.74) is 4.52. The van der Waals surface area contributed by atoms with E-state index in [1.165, 1.54) is 11.8 Å². The number of thioether (sulfide) groups is 1. The highest BCUT2D eigenvalue weighted by atomic mass is 32.2. The van der Waals surface area contributed by atoms with Crippen molar-refractivity contribution in [3.8, 4) is 0 Å². The number of amides is 3. The van der Waals surface area contributed by atoms with Crippen LogP contribution in [0.4, 0.5) is 5.69 Å². The van der Waals surface area contributed by atoms with E-state index in [2.05, 4.69) is 5.32 Å². The summed E-state index contributed by atoms with van der Waals surface area (Å²) in [5.74, 6) is -1.16. The monoisotopic (exact) mass is 482 g/mol. The number of aryl methyl sites for hydroxylation is 3. The molecular weight excluding hydrogens is 452 g/mol. The Bertz CT molecular complexity index is 1060. The number of imide groups is 1. The second-order valence-corrected chi connectivity index (χ2v) is 9.40. The molecule has 7 nitrogen and oxygen atoms in total. The number of fused-ring (bicyclic) bond motifs is 1. The molecule has 3 rings (SSSR count). The third kappa shape index (κ3) is 5.67. The molecule has 0 aliphatic carbocycles. The van der Waals surface area contributed by atoms with Crippen LogP contribution in [0, 0.1) is 20.8 Å². The minimum Gasteiger partial charge on any atom is -0.464 e. The third-order valence-corrected chi connectivity index (χ3v) is 6.38. The molecule has 1 aliphatic rings. The normalized spacial score (nSPS) is 13.6. The van der Waals surface area contributed by atoms with Crippen molar-refractivity contribution in [1.29, 1.82) is 0 Å². The number of anilines is 1. The van der Waals surface area contributed by atoms with Crippen LogP contribution in [0.1, 0.15) is 56.7 Å². The summed E-state index contributed by atoms with van der Waals surface area (Å²) in [6.45, 7) is 5.93. The molecule has 8 heteroatoms. The van der Waals surface area contributed by atoms with Gasteiger partial charge in [0.25, 0.3) is 11.8 Å². The summed E-state index contributed by atoms with van der Waals surface area (Å²) < 4.78 is 5.40. The van der Waals surface area contributed by atoms with Crippen LogP contribution >= 0.6 is 11.8 Å². The fourth-order valence-corrected chi connectivity index (χ4v) is 4.61. The highest BCUT2D eigenvalue weighted by Gasteiger charge is 2.43. The predicted molar refractivity (Wildman–Crippen MR) is 133 cm³/mol. The van der Waals surface area contributed by atoms with Gasteiger partial charge in [0, 0.05) is 12.1 Å². The van der Waals surface area contributed by atoms with E-state index in [4.69, 9.17) is 4.74 Å². The number of hydrogen-bond acceptors (Lipinski definition) is 6. The quantitative estimate of drug-likeness (QED) is 0.309. The first-order valence-electron chi connectivity index (χ1n) is 11.2. The number of hydrogen-bond donors (Lipinski definition) is 1. The van der Waals surface area contributed by atoms with Crippen molar-refractivity contribution >= 4 is 41.1 Å². The number of ether oxygens (including phenoxy) is 1. The van der Waals surface area contributed by atoms with Crippen molar-refractivity contribution in [3.63, 3.8) is 0 Å². The van der Waals surface area contributed by atoms with Gasteiger partial charge in [0.1, 0.15) is 6.04 Å². The number of nitrogens with one attached hydrogen (secondary N) is 1. The smallest absolute Gasteiger partial charge is 0.329 e. The summed E-state index contributed by atoms with van der Waals surface area (Å²) >= 11 is 1.52. The highest BCUT2D eigenvalue weighted by molar-refractivity contribution is 7.98. The number of carbonyl (C=O) groups excluding carboxylic acids is 4. The van der Waals surface area contributed by atoms with Gasteiger partial charge in [0.2, 0.25) is 5.91 Å². The van der Waals surface area contributed by atoms with E-state index in [0.29, 0.717) is 29.7 Å². The molecule has 1 aliphatic heterocycles. The van der Waals surface area contributed by atoms with E-state index in [1.54, 1.807) is 24.3 Å². The zero-order chi connectivity index (χ0) is 24.8. The van der Waals surface area contributed by atoms with Gasteiger partial charge in [0.05, 0.1) is 17.7 Å². The Balaban J connectivity index is 1.56. The molecule has 34 heavy (non-hydrogen) atoms. The van der Waals surface area contributed by atoms with E-state index in [9.17, 15) is 19.2 Å². The molecule has 0 aromatic heterocycles. The third-order valence-electron chi connectivity index (χ3n) is 5.74. The van der Waals surface area contributed by atoms with Crippen LogP contribution in [0.2, 0.25) is 0 Å². The number of nitrogens with zero attached hydrogens (tertiary/aromatic N) is 1. The first-order valence-corrected chi connectivity index (χ1v) is 12.6. The highest BCUT2D eigenvalue weighted by Crippen LogP contribution is 2.27. The summed E-state index contributed by atoms with van der Waals surface area (Å²) in [4.78, 5) is 51.9. The molecule has 1 N–H and O–H groups in total. The van der Waals surface area contributed by atoms with E-state index >= 15 is 0 Å². The maximum absolute atomic E-state index is 12.9. The maximum atomic E-state index is 12.9. The van der Waals surface area contributed by atoms with E-state index in [-0.39, 0.29) is 18.9 Å². The van der Waals surface area contributed by atoms with Gasteiger partial charge in [-0.15, -0.1) is 0 Å². The standard InChI is InChI=1S/C26H30N2O5S/c1-16-14-17(2)23(18(3)15-16)27-22(29)10-7-12-33-26(32)21(11-13-34-4)28-24(30)19-8-5-6-9-20(19)25(28)31/h5-6,8-9,14-15,21H,7,10-13H2,1-4H3,(H,27,29)/t21-/m1/s1. The zero-order valence-corrected chi connectivity index (χ0v) is 20.8. The van der Waals surface area contributed by atoms with E-state index in [0.717, 1.165) is 27.3 Å². The lowest BCUT2D eigenvalue weighted by atomic mass is 10.0. The summed E-state index contributed by atoms with van der Waals surface area (Å²) in [5, 5.41) is 2.93. The lowest BCUT2D eigenvalue weighted by molar-refractivity contribution is -0.148. The van der Waals surface area contributed by atoms with Gasteiger partial charge >= 0.3 is 5.97 Å². The van der Waals surface area contributed by atoms with Crippen molar-refractivity contribution in [2.75, 3.05) is 23.9 Å². The molecule has 0 saturated carbocycles. The van der Waals surface area contributed by atoms with E-state index < -0.39 is 23.8 Å². The number of esters is 1. The molecule has 2 aromatic carbocycles. The van der Waals surface area contributed by atoms with Gasteiger partial charge in [-0.3, -0.25) is 19.3 Å². The van der Waals surface area contributed by atoms with Crippen LogP contribution < -0.4 is 5.32 Å². The second kappa shape index (κ2) is 11.3. The van der Waals surface area contributed by atoms with Crippen LogP contribution in [0.25, 0.3) is 0 Å². The fraction of sp³-hybridized carbons (Fsp3) is 0.385. The van der Waals surface area contributed by atoms with Gasteiger partial charge in [-0.2, -0.15) is 11.8 Å². The van der Waals surface area contributed by atoms with Crippen LogP contribution in [-0.2, 0) is 14.3 Å². The molecule has 2 aromatic rings. The van der Waals surface area contributed by atoms with Crippen molar-refractivity contribution in [2.24, 2.45) is 0 Å². The molecule has 1 heterocycles. The number of benzene rings is 2. The molecule has 0 unspecified atom stereocenters. The van der Waals surface area contributed by atoms with Crippen molar-refractivity contribution < 1.29 is 23.9 Å². The first kappa shape index (κ1) is 25.5. The zero-order valence-electron chi connectivity index (χ0n) is 20.0. The average molecular weight is 483 g/mol. The molecule has 1 atom stereocenters. The molecule has 0 fully saturated rings. The Kier molecular flexibility index (Phi) is 8.50. The van der Waals surface area contributed by atoms with Crippen LogP contribution in [0.3, 0.4) is 0 Å². The maximum Gasteiger partial charge on any atom is 0.329 e. The minimum absolute atomic E-state index is 0.0249. The Labute approximate surface area is 204 Å². The SMILES string of the molecule is CSCC[C@H](C(=O)OCCCC(=O)Nc1c(C)cc(C)cc1C)N1C(=O)c2ccccc2C1=O. The van der Waals surface area contributed by atoms with Crippen LogP contribution in [0.5, 0.6) is 0 Å².